The van der Waals surface area contributed by atoms with E-state index in [9.17, 15) is 4.79 Å². The van der Waals surface area contributed by atoms with Gasteiger partial charge in [0.25, 0.3) is 0 Å². The Balaban J connectivity index is 2.24. The van der Waals surface area contributed by atoms with E-state index in [1.807, 2.05) is 0 Å². The predicted octanol–water partition coefficient (Wildman–Crippen LogP) is 2.09. The molecule has 1 radical (unpaired) electrons. The molecule has 0 aliphatic carbocycles. The van der Waals surface area contributed by atoms with Crippen LogP contribution in [0, 0.1) is 5.92 Å². The van der Waals surface area contributed by atoms with E-state index in [-0.39, 0.29) is 5.97 Å². The first-order valence-electron chi connectivity index (χ1n) is 4.36. The van der Waals surface area contributed by atoms with Crippen molar-refractivity contribution in [3.63, 3.8) is 0 Å². The molecule has 1 saturated heterocycles. The molecule has 0 aromatic carbocycles. The molecule has 1 aliphatic rings. The van der Waals surface area contributed by atoms with Gasteiger partial charge in [-0.2, -0.15) is 0 Å². The first-order chi connectivity index (χ1) is 5.34. The number of rotatable bonds is 3. The van der Waals surface area contributed by atoms with E-state index in [0.717, 1.165) is 38.0 Å². The van der Waals surface area contributed by atoms with Crippen molar-refractivity contribution >= 4 is 5.97 Å². The van der Waals surface area contributed by atoms with E-state index >= 15 is 0 Å². The van der Waals surface area contributed by atoms with Gasteiger partial charge in [0.1, 0.15) is 0 Å². The highest BCUT2D eigenvalue weighted by Crippen LogP contribution is 2.22. The van der Waals surface area contributed by atoms with Crippen molar-refractivity contribution in [1.29, 1.82) is 0 Å². The third kappa shape index (κ3) is 2.52. The lowest BCUT2D eigenvalue weighted by molar-refractivity contribution is -0.144. The number of carbonyl (C=O) groups excluding carboxylic acids is 1. The van der Waals surface area contributed by atoms with Gasteiger partial charge >= 0.3 is 5.97 Å². The molecule has 0 N–H and O–H groups in total. The number of esters is 1. The fourth-order valence-electron chi connectivity index (χ4n) is 1.27. The predicted molar refractivity (Wildman–Crippen MR) is 43.0 cm³/mol. The Morgan fingerprint density at radius 3 is 3.00 bits per heavy atom. The van der Waals surface area contributed by atoms with E-state index in [1.54, 1.807) is 0 Å². The highest BCUT2D eigenvalue weighted by Gasteiger charge is 2.23. The lowest BCUT2D eigenvalue weighted by Gasteiger charge is -2.19. The lowest BCUT2D eigenvalue weighted by atomic mass is 9.95. The van der Waals surface area contributed by atoms with Crippen molar-refractivity contribution in [3.05, 3.63) is 5.92 Å². The molecular weight excluding hydrogens is 140 g/mol. The van der Waals surface area contributed by atoms with Crippen LogP contribution in [0.3, 0.4) is 0 Å². The molecule has 0 aromatic rings. The Morgan fingerprint density at radius 1 is 1.55 bits per heavy atom. The quantitative estimate of drug-likeness (QED) is 0.583. The molecule has 0 bridgehead atoms. The fourth-order valence-corrected chi connectivity index (χ4v) is 1.27. The Hall–Kier alpha value is -0.530. The normalized spacial score (nSPS) is 19.9. The van der Waals surface area contributed by atoms with Gasteiger partial charge < -0.3 is 4.74 Å². The topological polar surface area (TPSA) is 26.3 Å². The first-order valence-corrected chi connectivity index (χ1v) is 4.36. The van der Waals surface area contributed by atoms with Gasteiger partial charge in [0.2, 0.25) is 0 Å². The Kier molecular flexibility index (Phi) is 3.40. The molecule has 0 amide bonds. The zero-order valence-corrected chi connectivity index (χ0v) is 7.06. The van der Waals surface area contributed by atoms with Crippen molar-refractivity contribution in [1.82, 2.24) is 0 Å². The van der Waals surface area contributed by atoms with E-state index in [0.29, 0.717) is 6.61 Å². The fraction of sp³-hybridized carbons (Fsp3) is 0.778. The minimum Gasteiger partial charge on any atom is -0.465 e. The molecule has 1 rings (SSSR count). The molecule has 1 fully saturated rings. The SMILES string of the molecule is CCCC[C]1CCCOC1=O. The summed E-state index contributed by atoms with van der Waals surface area (Å²) in [6.07, 6.45) is 5.18. The van der Waals surface area contributed by atoms with Gasteiger partial charge in [0.05, 0.1) is 12.5 Å². The van der Waals surface area contributed by atoms with Crippen molar-refractivity contribution < 1.29 is 9.53 Å². The summed E-state index contributed by atoms with van der Waals surface area (Å²) < 4.78 is 4.91. The monoisotopic (exact) mass is 155 g/mol. The molecule has 0 spiro atoms. The summed E-state index contributed by atoms with van der Waals surface area (Å²) in [6, 6.07) is 0. The maximum atomic E-state index is 11.0. The number of hydrogen-bond acceptors (Lipinski definition) is 2. The molecule has 0 saturated carbocycles. The molecular formula is C9H15O2. The summed E-state index contributed by atoms with van der Waals surface area (Å²) in [5.41, 5.74) is 0. The van der Waals surface area contributed by atoms with E-state index in [4.69, 9.17) is 4.74 Å². The van der Waals surface area contributed by atoms with Gasteiger partial charge in [0.15, 0.2) is 0 Å². The minimum absolute atomic E-state index is 0.0512. The van der Waals surface area contributed by atoms with Crippen LogP contribution in [0.4, 0.5) is 0 Å². The van der Waals surface area contributed by atoms with Crippen LogP contribution in [-0.4, -0.2) is 12.6 Å². The van der Waals surface area contributed by atoms with Crippen LogP contribution in [0.25, 0.3) is 0 Å². The molecule has 1 heterocycles. The van der Waals surface area contributed by atoms with Crippen LogP contribution in [0.1, 0.15) is 39.0 Å². The summed E-state index contributed by atoms with van der Waals surface area (Å²) in [7, 11) is 0. The first kappa shape index (κ1) is 8.57. The summed E-state index contributed by atoms with van der Waals surface area (Å²) in [5, 5.41) is 0. The molecule has 2 heteroatoms. The zero-order chi connectivity index (χ0) is 8.10. The Labute approximate surface area is 67.9 Å². The smallest absolute Gasteiger partial charge is 0.313 e. The van der Waals surface area contributed by atoms with Crippen LogP contribution in [0.2, 0.25) is 0 Å². The molecule has 0 atom stereocenters. The summed E-state index contributed by atoms with van der Waals surface area (Å²) in [6.45, 7) is 2.75. The average molecular weight is 155 g/mol. The highest BCUT2D eigenvalue weighted by molar-refractivity contribution is 5.85. The number of hydrogen-bond donors (Lipinski definition) is 0. The maximum Gasteiger partial charge on any atom is 0.313 e. The highest BCUT2D eigenvalue weighted by atomic mass is 16.5. The zero-order valence-electron chi connectivity index (χ0n) is 7.06. The van der Waals surface area contributed by atoms with Crippen LogP contribution < -0.4 is 0 Å². The average Bonchev–Trinajstić information content (AvgIpc) is 2.03. The van der Waals surface area contributed by atoms with Crippen molar-refractivity contribution in [2.75, 3.05) is 6.61 Å². The molecule has 63 valence electrons. The van der Waals surface area contributed by atoms with Crippen molar-refractivity contribution in [2.45, 2.75) is 39.0 Å². The van der Waals surface area contributed by atoms with Gasteiger partial charge in [-0.05, 0) is 19.3 Å². The Bertz CT molecular complexity index is 132. The van der Waals surface area contributed by atoms with Crippen molar-refractivity contribution in [2.24, 2.45) is 0 Å². The minimum atomic E-state index is -0.0512. The second-order valence-electron chi connectivity index (χ2n) is 2.95. The number of carbonyl (C=O) groups is 1. The van der Waals surface area contributed by atoms with E-state index in [1.165, 1.54) is 0 Å². The van der Waals surface area contributed by atoms with Gasteiger partial charge in [-0.25, -0.2) is 0 Å². The largest absolute Gasteiger partial charge is 0.465 e. The summed E-state index contributed by atoms with van der Waals surface area (Å²) in [4.78, 5) is 11.0. The summed E-state index contributed by atoms with van der Waals surface area (Å²) >= 11 is 0. The van der Waals surface area contributed by atoms with Gasteiger partial charge in [0, 0.05) is 0 Å². The molecule has 11 heavy (non-hydrogen) atoms. The third-order valence-electron chi connectivity index (χ3n) is 1.98. The lowest BCUT2D eigenvalue weighted by Crippen LogP contribution is -2.21. The van der Waals surface area contributed by atoms with Gasteiger partial charge in [-0.15, -0.1) is 0 Å². The van der Waals surface area contributed by atoms with Crippen LogP contribution in [0.15, 0.2) is 0 Å². The second kappa shape index (κ2) is 4.37. The second-order valence-corrected chi connectivity index (χ2v) is 2.95. The van der Waals surface area contributed by atoms with E-state index < -0.39 is 0 Å². The van der Waals surface area contributed by atoms with Crippen LogP contribution in [-0.2, 0) is 9.53 Å². The van der Waals surface area contributed by atoms with Gasteiger partial charge in [-0.1, -0.05) is 19.8 Å². The van der Waals surface area contributed by atoms with Crippen LogP contribution >= 0.6 is 0 Å². The molecule has 0 unspecified atom stereocenters. The molecule has 0 aromatic heterocycles. The standard InChI is InChI=1S/C9H15O2/c1-2-3-5-8-6-4-7-11-9(8)10/h2-7H2,1H3. The summed E-state index contributed by atoms with van der Waals surface area (Å²) in [5.74, 6) is 0.947. The molecule has 1 aliphatic heterocycles. The Morgan fingerprint density at radius 2 is 2.36 bits per heavy atom. The third-order valence-corrected chi connectivity index (χ3v) is 1.98. The number of unbranched alkanes of at least 4 members (excludes halogenated alkanes) is 1. The van der Waals surface area contributed by atoms with Crippen LogP contribution in [0.5, 0.6) is 0 Å². The van der Waals surface area contributed by atoms with E-state index in [2.05, 4.69) is 6.92 Å². The van der Waals surface area contributed by atoms with Crippen molar-refractivity contribution in [3.8, 4) is 0 Å². The number of cyclic esters (lactones) is 1. The maximum absolute atomic E-state index is 11.0. The molecule has 2 nitrogen and oxygen atoms in total. The number of ether oxygens (including phenoxy) is 1. The van der Waals surface area contributed by atoms with Gasteiger partial charge in [-0.3, -0.25) is 4.79 Å².